The number of carbonyl (C=O) groups is 2. The maximum Gasteiger partial charge on any atom is 0.254 e. The quantitative estimate of drug-likeness (QED) is 0.354. The summed E-state index contributed by atoms with van der Waals surface area (Å²) in [5.41, 5.74) is 11.5. The van der Waals surface area contributed by atoms with E-state index in [1.807, 2.05) is 48.2 Å². The van der Waals surface area contributed by atoms with E-state index >= 15 is 0 Å². The molecule has 3 aromatic rings. The van der Waals surface area contributed by atoms with Crippen molar-refractivity contribution >= 4 is 11.8 Å². The highest BCUT2D eigenvalue weighted by atomic mass is 16.5. The number of hydrogen-bond donors (Lipinski definition) is 2. The lowest BCUT2D eigenvalue weighted by Crippen LogP contribution is -2.58. The van der Waals surface area contributed by atoms with Crippen LogP contribution in [0.2, 0.25) is 0 Å². The highest BCUT2D eigenvalue weighted by Gasteiger charge is 2.39. The third-order valence-electron chi connectivity index (χ3n) is 9.23. The number of aryl methyl sites for hydroxylation is 2. The van der Waals surface area contributed by atoms with Crippen LogP contribution in [0, 0.1) is 13.8 Å². The van der Waals surface area contributed by atoms with E-state index in [1.54, 1.807) is 7.11 Å². The van der Waals surface area contributed by atoms with Crippen molar-refractivity contribution in [1.82, 2.24) is 15.1 Å². The Bertz CT molecular complexity index is 1380. The van der Waals surface area contributed by atoms with Crippen LogP contribution in [0.25, 0.3) is 0 Å². The summed E-state index contributed by atoms with van der Waals surface area (Å²) in [4.78, 5) is 32.1. The van der Waals surface area contributed by atoms with Crippen LogP contribution >= 0.6 is 0 Å². The first-order valence-corrected chi connectivity index (χ1v) is 15.7. The van der Waals surface area contributed by atoms with Gasteiger partial charge in [-0.05, 0) is 93.3 Å². The molecule has 43 heavy (non-hydrogen) atoms. The topological polar surface area (TPSA) is 87.9 Å². The zero-order valence-electron chi connectivity index (χ0n) is 25.8. The largest absolute Gasteiger partial charge is 0.497 e. The molecule has 1 saturated carbocycles. The summed E-state index contributed by atoms with van der Waals surface area (Å²) in [6.45, 7) is 6.16. The van der Waals surface area contributed by atoms with Gasteiger partial charge < -0.3 is 20.7 Å². The summed E-state index contributed by atoms with van der Waals surface area (Å²) in [7, 11) is 1.69. The van der Waals surface area contributed by atoms with E-state index < -0.39 is 6.04 Å². The molecule has 0 spiro atoms. The minimum Gasteiger partial charge on any atom is -0.497 e. The maximum atomic E-state index is 14.0. The molecule has 1 aliphatic carbocycles. The Hall–Kier alpha value is -3.68. The lowest BCUT2D eigenvalue weighted by atomic mass is 9.90. The summed E-state index contributed by atoms with van der Waals surface area (Å²) < 4.78 is 5.51. The van der Waals surface area contributed by atoms with Crippen molar-refractivity contribution in [3.8, 4) is 5.75 Å². The molecule has 0 aromatic heterocycles. The number of carbonyl (C=O) groups excluding carboxylic acids is 2. The fourth-order valence-corrected chi connectivity index (χ4v) is 6.52. The highest BCUT2D eigenvalue weighted by molar-refractivity contribution is 5.97. The highest BCUT2D eigenvalue weighted by Crippen LogP contribution is 2.29. The number of likely N-dealkylation sites (tertiary alicyclic amines) is 1. The second-order valence-corrected chi connectivity index (χ2v) is 12.4. The predicted octanol–water partition coefficient (Wildman–Crippen LogP) is 5.37. The molecule has 3 aromatic carbocycles. The molecule has 228 valence electrons. The van der Waals surface area contributed by atoms with Crippen molar-refractivity contribution in [3.63, 3.8) is 0 Å². The summed E-state index contributed by atoms with van der Waals surface area (Å²) in [6, 6.07) is 24.2. The van der Waals surface area contributed by atoms with Gasteiger partial charge in [-0.1, -0.05) is 54.1 Å². The number of benzene rings is 3. The fourth-order valence-electron chi connectivity index (χ4n) is 6.52. The number of nitrogens with one attached hydrogen (secondary N) is 1. The molecule has 0 radical (unpaired) electrons. The first kappa shape index (κ1) is 30.8. The zero-order valence-corrected chi connectivity index (χ0v) is 25.8. The third-order valence-corrected chi connectivity index (χ3v) is 9.23. The fraction of sp³-hybridized carbons (Fsp3) is 0.444. The van der Waals surface area contributed by atoms with Gasteiger partial charge in [0.15, 0.2) is 0 Å². The molecular formula is C36H46N4O3. The summed E-state index contributed by atoms with van der Waals surface area (Å²) in [5.74, 6) is 0.696. The first-order valence-electron chi connectivity index (χ1n) is 15.7. The number of nitrogens with two attached hydrogens (primary N) is 1. The summed E-state index contributed by atoms with van der Waals surface area (Å²) in [5, 5.41) is 3.31. The molecular weight excluding hydrogens is 536 g/mol. The van der Waals surface area contributed by atoms with Gasteiger partial charge in [-0.3, -0.25) is 14.5 Å². The third kappa shape index (κ3) is 7.84. The van der Waals surface area contributed by atoms with Gasteiger partial charge in [0.25, 0.3) is 5.91 Å². The van der Waals surface area contributed by atoms with Crippen molar-refractivity contribution < 1.29 is 14.3 Å². The molecule has 2 aliphatic rings. The van der Waals surface area contributed by atoms with Gasteiger partial charge in [-0.2, -0.15) is 0 Å². The average Bonchev–Trinajstić information content (AvgIpc) is 3.02. The van der Waals surface area contributed by atoms with E-state index in [9.17, 15) is 9.59 Å². The number of piperidine rings is 1. The second kappa shape index (κ2) is 14.2. The number of amides is 2. The number of ether oxygens (including phenoxy) is 1. The van der Waals surface area contributed by atoms with E-state index in [-0.39, 0.29) is 29.9 Å². The van der Waals surface area contributed by atoms with E-state index in [0.717, 1.165) is 62.1 Å². The van der Waals surface area contributed by atoms with Gasteiger partial charge in [-0.15, -0.1) is 0 Å². The smallest absolute Gasteiger partial charge is 0.254 e. The Balaban J connectivity index is 1.42. The van der Waals surface area contributed by atoms with Gasteiger partial charge in [0.2, 0.25) is 5.91 Å². The Morgan fingerprint density at radius 2 is 1.67 bits per heavy atom. The Morgan fingerprint density at radius 3 is 2.40 bits per heavy atom. The normalized spacial score (nSPS) is 22.3. The van der Waals surface area contributed by atoms with E-state index in [0.29, 0.717) is 18.5 Å². The molecule has 1 heterocycles. The Kier molecular flexibility index (Phi) is 10.2. The lowest BCUT2D eigenvalue weighted by Gasteiger charge is -2.43. The van der Waals surface area contributed by atoms with Crippen molar-refractivity contribution in [2.24, 2.45) is 5.73 Å². The summed E-state index contributed by atoms with van der Waals surface area (Å²) in [6.07, 6.45) is 4.94. The van der Waals surface area contributed by atoms with Crippen LogP contribution in [0.15, 0.2) is 72.8 Å². The maximum absolute atomic E-state index is 14.0. The van der Waals surface area contributed by atoms with Crippen LogP contribution in [0.5, 0.6) is 5.75 Å². The Morgan fingerprint density at radius 1 is 0.930 bits per heavy atom. The molecule has 7 nitrogen and oxygen atoms in total. The van der Waals surface area contributed by atoms with Gasteiger partial charge in [0, 0.05) is 43.3 Å². The van der Waals surface area contributed by atoms with Gasteiger partial charge in [0.05, 0.1) is 7.11 Å². The molecule has 3 N–H and O–H groups in total. The number of rotatable bonds is 9. The van der Waals surface area contributed by atoms with Crippen molar-refractivity contribution in [2.45, 2.75) is 89.6 Å². The monoisotopic (exact) mass is 582 g/mol. The minimum absolute atomic E-state index is 0.0529. The van der Waals surface area contributed by atoms with Crippen LogP contribution in [0.4, 0.5) is 0 Å². The molecule has 1 saturated heterocycles. The zero-order chi connectivity index (χ0) is 30.3. The first-order chi connectivity index (χ1) is 20.8. The van der Waals surface area contributed by atoms with Crippen LogP contribution in [-0.4, -0.2) is 59.4 Å². The van der Waals surface area contributed by atoms with Crippen LogP contribution < -0.4 is 15.8 Å². The van der Waals surface area contributed by atoms with Crippen LogP contribution in [-0.2, 0) is 17.9 Å². The second-order valence-electron chi connectivity index (χ2n) is 12.4. The molecule has 1 aliphatic heterocycles. The van der Waals surface area contributed by atoms with Crippen molar-refractivity contribution in [2.75, 3.05) is 13.7 Å². The minimum atomic E-state index is -0.548. The average molecular weight is 583 g/mol. The SMILES string of the molecule is COc1cccc(CN(Cc2ccccc2C)C2CCN(C(=O)c3ccc(C)cc3)[C@@H](C(=O)NC3CCC(N)CC3)C2)c1. The van der Waals surface area contributed by atoms with Gasteiger partial charge in [0.1, 0.15) is 11.8 Å². The van der Waals surface area contributed by atoms with Crippen LogP contribution in [0.3, 0.4) is 0 Å². The lowest BCUT2D eigenvalue weighted by molar-refractivity contribution is -0.128. The van der Waals surface area contributed by atoms with E-state index in [4.69, 9.17) is 10.5 Å². The van der Waals surface area contributed by atoms with Crippen molar-refractivity contribution in [3.05, 3.63) is 101 Å². The molecule has 2 amide bonds. The number of hydrogen-bond acceptors (Lipinski definition) is 5. The van der Waals surface area contributed by atoms with Gasteiger partial charge in [-0.25, -0.2) is 0 Å². The number of methoxy groups -OCH3 is 1. The van der Waals surface area contributed by atoms with Gasteiger partial charge >= 0.3 is 0 Å². The molecule has 7 heteroatoms. The molecule has 2 atom stereocenters. The van der Waals surface area contributed by atoms with Crippen molar-refractivity contribution in [1.29, 1.82) is 0 Å². The van der Waals surface area contributed by atoms with E-state index in [1.165, 1.54) is 11.1 Å². The molecule has 1 unspecified atom stereocenters. The number of nitrogens with zero attached hydrogens (tertiary/aromatic N) is 2. The van der Waals surface area contributed by atoms with E-state index in [2.05, 4.69) is 53.5 Å². The molecule has 5 rings (SSSR count). The Labute approximate surface area is 256 Å². The van der Waals surface area contributed by atoms with Crippen LogP contribution in [0.1, 0.15) is 71.1 Å². The molecule has 2 fully saturated rings. The molecule has 0 bridgehead atoms. The summed E-state index contributed by atoms with van der Waals surface area (Å²) >= 11 is 0. The standard InChI is InChI=1S/C36H46N4O3/c1-25-11-13-28(14-12-25)36(42)40-20-19-32(22-34(40)35(41)38-31-17-15-30(37)16-18-31)39(24-29-9-5-4-7-26(29)2)23-27-8-6-10-33(21-27)43-3/h4-14,21,30-32,34H,15-20,22-24,37H2,1-3H3,(H,38,41)/t30?,31?,32?,34-/m1/s1. The predicted molar refractivity (Wildman–Crippen MR) is 171 cm³/mol.